The van der Waals surface area contributed by atoms with Gasteiger partial charge in [-0.05, 0) is 26.3 Å². The Balaban J connectivity index is 2.76. The molecule has 2 aromatic rings. The van der Waals surface area contributed by atoms with Crippen LogP contribution in [0.4, 0.5) is 0 Å². The minimum atomic E-state index is 0.0355. The average molecular weight is 203 g/mol. The normalized spacial score (nSPS) is 13.3. The Morgan fingerprint density at radius 3 is 2.80 bits per heavy atom. The summed E-state index contributed by atoms with van der Waals surface area (Å²) in [4.78, 5) is 0. The predicted molar refractivity (Wildman–Crippen MR) is 62.7 cm³/mol. The van der Waals surface area contributed by atoms with Crippen molar-refractivity contribution in [1.82, 2.24) is 9.78 Å². The van der Waals surface area contributed by atoms with E-state index in [1.165, 1.54) is 11.1 Å². The van der Waals surface area contributed by atoms with Crippen molar-refractivity contribution in [3.63, 3.8) is 0 Å². The minimum absolute atomic E-state index is 0.0355. The molecule has 1 atom stereocenters. The van der Waals surface area contributed by atoms with E-state index in [0.29, 0.717) is 0 Å². The fourth-order valence-corrected chi connectivity index (χ4v) is 1.97. The molecule has 1 unspecified atom stereocenters. The van der Waals surface area contributed by atoms with Crippen LogP contribution < -0.4 is 5.73 Å². The van der Waals surface area contributed by atoms with Crippen LogP contribution in [-0.4, -0.2) is 9.78 Å². The predicted octanol–water partition coefficient (Wildman–Crippen LogP) is 2.38. The molecule has 0 bridgehead atoms. The maximum Gasteiger partial charge on any atom is 0.0973 e. The summed E-state index contributed by atoms with van der Waals surface area (Å²) in [5.41, 5.74) is 9.32. The standard InChI is InChI=1S/C12H17N3/c1-4-15-9(3)11-7-5-6-10(8(2)13)12(11)14-15/h5-8H,4,13H2,1-3H3. The molecule has 0 amide bonds. The Morgan fingerprint density at radius 1 is 1.47 bits per heavy atom. The van der Waals surface area contributed by atoms with Gasteiger partial charge in [0.15, 0.2) is 0 Å². The van der Waals surface area contributed by atoms with Gasteiger partial charge in [-0.25, -0.2) is 0 Å². The van der Waals surface area contributed by atoms with Gasteiger partial charge >= 0.3 is 0 Å². The Labute approximate surface area is 89.9 Å². The molecule has 0 radical (unpaired) electrons. The first-order valence-electron chi connectivity index (χ1n) is 5.36. The first-order valence-corrected chi connectivity index (χ1v) is 5.36. The van der Waals surface area contributed by atoms with Gasteiger partial charge in [-0.2, -0.15) is 5.10 Å². The number of aryl methyl sites for hydroxylation is 2. The third-order valence-electron chi connectivity index (χ3n) is 2.86. The Kier molecular flexibility index (Phi) is 2.49. The van der Waals surface area contributed by atoms with Gasteiger partial charge < -0.3 is 5.73 Å². The number of fused-ring (bicyclic) bond motifs is 1. The van der Waals surface area contributed by atoms with E-state index in [1.807, 2.05) is 11.6 Å². The van der Waals surface area contributed by atoms with Crippen LogP contribution in [0.2, 0.25) is 0 Å². The van der Waals surface area contributed by atoms with Gasteiger partial charge in [-0.15, -0.1) is 0 Å². The van der Waals surface area contributed by atoms with Crippen molar-refractivity contribution in [2.75, 3.05) is 0 Å². The molecule has 2 rings (SSSR count). The van der Waals surface area contributed by atoms with E-state index in [-0.39, 0.29) is 6.04 Å². The van der Waals surface area contributed by atoms with Gasteiger partial charge in [0.2, 0.25) is 0 Å². The summed E-state index contributed by atoms with van der Waals surface area (Å²) < 4.78 is 2.02. The van der Waals surface area contributed by atoms with Crippen LogP contribution >= 0.6 is 0 Å². The first kappa shape index (κ1) is 10.2. The molecule has 0 spiro atoms. The van der Waals surface area contributed by atoms with E-state index in [0.717, 1.165) is 17.6 Å². The zero-order chi connectivity index (χ0) is 11.0. The van der Waals surface area contributed by atoms with Crippen LogP contribution in [0.1, 0.15) is 31.1 Å². The van der Waals surface area contributed by atoms with E-state index in [4.69, 9.17) is 5.73 Å². The van der Waals surface area contributed by atoms with Gasteiger partial charge in [0, 0.05) is 23.7 Å². The molecule has 0 aliphatic rings. The SMILES string of the molecule is CCn1nc2c(C(C)N)cccc2c1C. The summed E-state index contributed by atoms with van der Waals surface area (Å²) in [6.07, 6.45) is 0. The second-order valence-corrected chi connectivity index (χ2v) is 3.93. The highest BCUT2D eigenvalue weighted by molar-refractivity contribution is 5.84. The molecule has 2 N–H and O–H groups in total. The van der Waals surface area contributed by atoms with E-state index < -0.39 is 0 Å². The van der Waals surface area contributed by atoms with Crippen LogP contribution in [0.25, 0.3) is 10.9 Å². The highest BCUT2D eigenvalue weighted by atomic mass is 15.3. The molecule has 1 heterocycles. The fourth-order valence-electron chi connectivity index (χ4n) is 1.97. The molecule has 0 saturated carbocycles. The third kappa shape index (κ3) is 1.53. The van der Waals surface area contributed by atoms with Crippen LogP contribution in [-0.2, 0) is 6.54 Å². The molecule has 0 saturated heterocycles. The number of benzene rings is 1. The maximum atomic E-state index is 5.93. The molecule has 80 valence electrons. The number of nitrogens with zero attached hydrogens (tertiary/aromatic N) is 2. The quantitative estimate of drug-likeness (QED) is 0.814. The highest BCUT2D eigenvalue weighted by Gasteiger charge is 2.11. The fraction of sp³-hybridized carbons (Fsp3) is 0.417. The zero-order valence-corrected chi connectivity index (χ0v) is 9.49. The van der Waals surface area contributed by atoms with E-state index in [1.54, 1.807) is 0 Å². The Morgan fingerprint density at radius 2 is 2.20 bits per heavy atom. The van der Waals surface area contributed by atoms with Crippen LogP contribution in [0, 0.1) is 6.92 Å². The second-order valence-electron chi connectivity index (χ2n) is 3.93. The third-order valence-corrected chi connectivity index (χ3v) is 2.86. The monoisotopic (exact) mass is 203 g/mol. The van der Waals surface area contributed by atoms with Crippen molar-refractivity contribution in [2.45, 2.75) is 33.4 Å². The van der Waals surface area contributed by atoms with Crippen LogP contribution in [0.5, 0.6) is 0 Å². The number of hydrogen-bond donors (Lipinski definition) is 1. The molecule has 0 fully saturated rings. The van der Waals surface area contributed by atoms with Crippen LogP contribution in [0.3, 0.4) is 0 Å². The lowest BCUT2D eigenvalue weighted by Gasteiger charge is -2.05. The summed E-state index contributed by atoms with van der Waals surface area (Å²) in [5.74, 6) is 0. The number of hydrogen-bond acceptors (Lipinski definition) is 2. The van der Waals surface area contributed by atoms with Gasteiger partial charge in [0.05, 0.1) is 5.52 Å². The molecule has 0 aliphatic heterocycles. The summed E-state index contributed by atoms with van der Waals surface area (Å²) in [7, 11) is 0. The Hall–Kier alpha value is -1.35. The van der Waals surface area contributed by atoms with Gasteiger partial charge in [-0.1, -0.05) is 18.2 Å². The van der Waals surface area contributed by atoms with Crippen molar-refractivity contribution in [1.29, 1.82) is 0 Å². The van der Waals surface area contributed by atoms with Crippen molar-refractivity contribution in [3.05, 3.63) is 29.5 Å². The van der Waals surface area contributed by atoms with Crippen molar-refractivity contribution < 1.29 is 0 Å². The lowest BCUT2D eigenvalue weighted by molar-refractivity contribution is 0.646. The summed E-state index contributed by atoms with van der Waals surface area (Å²) in [5, 5.41) is 5.80. The zero-order valence-electron chi connectivity index (χ0n) is 9.49. The van der Waals surface area contributed by atoms with Gasteiger partial charge in [0.1, 0.15) is 0 Å². The number of aromatic nitrogens is 2. The largest absolute Gasteiger partial charge is 0.324 e. The number of rotatable bonds is 2. The summed E-state index contributed by atoms with van der Waals surface area (Å²) in [6, 6.07) is 6.25. The van der Waals surface area contributed by atoms with Gasteiger partial charge in [-0.3, -0.25) is 4.68 Å². The summed E-state index contributed by atoms with van der Waals surface area (Å²) in [6.45, 7) is 7.10. The highest BCUT2D eigenvalue weighted by Crippen LogP contribution is 2.24. The molecule has 3 heteroatoms. The molecule has 15 heavy (non-hydrogen) atoms. The topological polar surface area (TPSA) is 43.8 Å². The van der Waals surface area contributed by atoms with Crippen molar-refractivity contribution in [2.24, 2.45) is 5.73 Å². The molecule has 1 aromatic heterocycles. The average Bonchev–Trinajstić information content (AvgIpc) is 2.55. The molecule has 3 nitrogen and oxygen atoms in total. The second kappa shape index (κ2) is 3.66. The minimum Gasteiger partial charge on any atom is -0.324 e. The van der Waals surface area contributed by atoms with Crippen molar-refractivity contribution in [3.8, 4) is 0 Å². The van der Waals surface area contributed by atoms with E-state index in [2.05, 4.69) is 37.1 Å². The smallest absolute Gasteiger partial charge is 0.0973 e. The Bertz CT molecular complexity index is 483. The number of nitrogens with two attached hydrogens (primary N) is 1. The van der Waals surface area contributed by atoms with E-state index >= 15 is 0 Å². The summed E-state index contributed by atoms with van der Waals surface area (Å²) >= 11 is 0. The maximum absolute atomic E-state index is 5.93. The van der Waals surface area contributed by atoms with Crippen molar-refractivity contribution >= 4 is 10.9 Å². The molecule has 1 aromatic carbocycles. The van der Waals surface area contributed by atoms with E-state index in [9.17, 15) is 0 Å². The lowest BCUT2D eigenvalue weighted by atomic mass is 10.1. The van der Waals surface area contributed by atoms with Crippen LogP contribution in [0.15, 0.2) is 18.2 Å². The molecular formula is C12H17N3. The lowest BCUT2D eigenvalue weighted by Crippen LogP contribution is -2.05. The molecular weight excluding hydrogens is 186 g/mol. The van der Waals surface area contributed by atoms with Gasteiger partial charge in [0.25, 0.3) is 0 Å². The first-order chi connectivity index (χ1) is 7.15. The molecule has 0 aliphatic carbocycles.